The van der Waals surface area contributed by atoms with Gasteiger partial charge < -0.3 is 28.7 Å². The lowest BCUT2D eigenvalue weighted by molar-refractivity contribution is -0.139. The third kappa shape index (κ3) is 6.32. The molecular formula is C33H40ClN3O8S. The minimum Gasteiger partial charge on any atom is -0.488 e. The maximum absolute atomic E-state index is 13.5. The van der Waals surface area contributed by atoms with Crippen molar-refractivity contribution in [3.05, 3.63) is 64.7 Å². The Kier molecular flexibility index (Phi) is 8.77. The van der Waals surface area contributed by atoms with Crippen LogP contribution in [-0.4, -0.2) is 84.0 Å². The van der Waals surface area contributed by atoms with E-state index in [1.165, 1.54) is 24.8 Å². The second-order valence-electron chi connectivity index (χ2n) is 13.1. The van der Waals surface area contributed by atoms with Crippen molar-refractivity contribution < 1.29 is 37.0 Å². The zero-order valence-electron chi connectivity index (χ0n) is 26.5. The highest BCUT2D eigenvalue weighted by molar-refractivity contribution is 7.90. The van der Waals surface area contributed by atoms with Crippen LogP contribution in [-0.2, 0) is 41.1 Å². The summed E-state index contributed by atoms with van der Waals surface area (Å²) in [6.45, 7) is 4.61. The van der Waals surface area contributed by atoms with Gasteiger partial charge in [0.05, 0.1) is 30.3 Å². The molecule has 2 aromatic carbocycles. The van der Waals surface area contributed by atoms with Crippen LogP contribution in [0.2, 0.25) is 5.02 Å². The van der Waals surface area contributed by atoms with Crippen molar-refractivity contribution in [3.8, 4) is 5.75 Å². The predicted octanol–water partition coefficient (Wildman–Crippen LogP) is 4.27. The first-order chi connectivity index (χ1) is 21.8. The van der Waals surface area contributed by atoms with Gasteiger partial charge in [0.15, 0.2) is 0 Å². The molecule has 0 radical (unpaired) electrons. The van der Waals surface area contributed by atoms with Crippen LogP contribution in [0.15, 0.2) is 53.4 Å². The fourth-order valence-corrected chi connectivity index (χ4v) is 7.89. The summed E-state index contributed by atoms with van der Waals surface area (Å²) < 4.78 is 53.9. The highest BCUT2D eigenvalue weighted by Gasteiger charge is 2.46. The molecule has 1 saturated carbocycles. The highest BCUT2D eigenvalue weighted by atomic mass is 35.5. The van der Waals surface area contributed by atoms with E-state index in [-0.39, 0.29) is 29.9 Å². The van der Waals surface area contributed by atoms with Crippen LogP contribution in [0.4, 0.5) is 10.5 Å². The van der Waals surface area contributed by atoms with E-state index < -0.39 is 39.3 Å². The molecule has 6 rings (SSSR count). The molecule has 0 aromatic heterocycles. The van der Waals surface area contributed by atoms with Crippen LogP contribution >= 0.6 is 11.6 Å². The summed E-state index contributed by atoms with van der Waals surface area (Å²) in [6, 6.07) is 10.4. The Hall–Kier alpha value is -3.32. The lowest BCUT2D eigenvalue weighted by Gasteiger charge is -2.45. The summed E-state index contributed by atoms with van der Waals surface area (Å²) >= 11 is 6.37. The number of sulfonamides is 1. The number of rotatable bonds is 1. The van der Waals surface area contributed by atoms with E-state index in [1.54, 1.807) is 38.4 Å². The molecule has 2 amide bonds. The Morgan fingerprint density at radius 3 is 2.67 bits per heavy atom. The van der Waals surface area contributed by atoms with Gasteiger partial charge in [-0.05, 0) is 86.6 Å². The maximum Gasteiger partial charge on any atom is 0.409 e. The van der Waals surface area contributed by atoms with E-state index in [1.807, 2.05) is 18.2 Å². The Bertz CT molecular complexity index is 1660. The van der Waals surface area contributed by atoms with Crippen molar-refractivity contribution >= 4 is 39.3 Å². The Balaban J connectivity index is 1.44. The quantitative estimate of drug-likeness (QED) is 0.442. The highest BCUT2D eigenvalue weighted by Crippen LogP contribution is 2.46. The number of amides is 2. The number of carbonyl (C=O) groups excluding carboxylic acids is 2. The number of nitrogens with zero attached hydrogens (tertiary/aromatic N) is 2. The van der Waals surface area contributed by atoms with Crippen LogP contribution in [0.5, 0.6) is 5.75 Å². The van der Waals surface area contributed by atoms with E-state index in [0.29, 0.717) is 42.6 Å². The van der Waals surface area contributed by atoms with Crippen LogP contribution in [0, 0.1) is 11.8 Å². The summed E-state index contributed by atoms with van der Waals surface area (Å²) in [5.41, 5.74) is 0.327. The molecule has 13 heteroatoms. The normalized spacial score (nSPS) is 28.4. The van der Waals surface area contributed by atoms with Crippen molar-refractivity contribution in [2.24, 2.45) is 11.8 Å². The number of hydrogen-bond acceptors (Lipinski definition) is 9. The van der Waals surface area contributed by atoms with Crippen molar-refractivity contribution in [2.75, 3.05) is 51.9 Å². The second kappa shape index (κ2) is 12.4. The number of anilines is 1. The van der Waals surface area contributed by atoms with Crippen LogP contribution < -0.4 is 14.4 Å². The summed E-state index contributed by atoms with van der Waals surface area (Å²) in [5.74, 6) is -0.206. The summed E-state index contributed by atoms with van der Waals surface area (Å²) in [5, 5.41) is 0.646. The molecule has 0 saturated heterocycles. The van der Waals surface area contributed by atoms with E-state index >= 15 is 0 Å². The molecule has 1 N–H and O–H groups in total. The predicted molar refractivity (Wildman–Crippen MR) is 172 cm³/mol. The standard InChI is InChI=1S/C33H40ClN3O8S/c1-32(2)30(38)35-46(40,41)24-9-12-29-27(17-24)37(19-33(20-42-29)26-11-8-23(34)16-21(26)13-15-44-33)18-22-7-10-25(22)28(6-5-14-43-32)45-31(39)36(3)4/h5-6,8-9,11-12,16-17,22,25,28H,7,10,13-15,18-20H2,1-4H3,(H,35,38)/t22-,25+,28-,33+/m0/s1. The number of halogens is 1. The number of carbonyl (C=O) groups is 2. The van der Waals surface area contributed by atoms with Crippen LogP contribution in [0.1, 0.15) is 37.8 Å². The van der Waals surface area contributed by atoms with Gasteiger partial charge >= 0.3 is 6.09 Å². The first kappa shape index (κ1) is 32.6. The minimum absolute atomic E-state index is 0.00165. The van der Waals surface area contributed by atoms with Crippen molar-refractivity contribution in [3.63, 3.8) is 0 Å². The van der Waals surface area contributed by atoms with Crippen molar-refractivity contribution in [1.29, 1.82) is 0 Å². The molecule has 3 aliphatic heterocycles. The van der Waals surface area contributed by atoms with Crippen LogP contribution in [0.3, 0.4) is 0 Å². The molecule has 11 nitrogen and oxygen atoms in total. The first-order valence-electron chi connectivity index (χ1n) is 15.5. The monoisotopic (exact) mass is 673 g/mol. The topological polar surface area (TPSA) is 124 Å². The van der Waals surface area contributed by atoms with Gasteiger partial charge in [-0.25, -0.2) is 17.9 Å². The van der Waals surface area contributed by atoms with Gasteiger partial charge in [-0.15, -0.1) is 0 Å². The molecule has 2 aromatic rings. The third-order valence-electron chi connectivity index (χ3n) is 9.39. The molecule has 4 aliphatic rings. The molecule has 1 aliphatic carbocycles. The number of ether oxygens (including phenoxy) is 4. The molecule has 0 unspecified atom stereocenters. The Labute approximate surface area is 274 Å². The van der Waals surface area contributed by atoms with Crippen LogP contribution in [0.25, 0.3) is 0 Å². The van der Waals surface area contributed by atoms with Crippen molar-refractivity contribution in [2.45, 2.75) is 55.3 Å². The fraction of sp³-hybridized carbons (Fsp3) is 0.515. The molecule has 248 valence electrons. The zero-order valence-corrected chi connectivity index (χ0v) is 28.0. The number of benzene rings is 2. The van der Waals surface area contributed by atoms with Gasteiger partial charge in [0.1, 0.15) is 29.7 Å². The largest absolute Gasteiger partial charge is 0.488 e. The zero-order chi connectivity index (χ0) is 32.9. The first-order valence-corrected chi connectivity index (χ1v) is 17.3. The third-order valence-corrected chi connectivity index (χ3v) is 11.0. The Morgan fingerprint density at radius 2 is 1.93 bits per heavy atom. The number of nitrogens with one attached hydrogen (secondary N) is 1. The van der Waals surface area contributed by atoms with Crippen molar-refractivity contribution in [1.82, 2.24) is 9.62 Å². The molecule has 1 spiro atoms. The molecule has 1 fully saturated rings. The van der Waals surface area contributed by atoms with E-state index in [2.05, 4.69) is 9.62 Å². The van der Waals surface area contributed by atoms with Gasteiger partial charge in [-0.2, -0.15) is 0 Å². The molecule has 2 bridgehead atoms. The second-order valence-corrected chi connectivity index (χ2v) is 15.2. The average molecular weight is 674 g/mol. The molecule has 46 heavy (non-hydrogen) atoms. The summed E-state index contributed by atoms with van der Waals surface area (Å²) in [7, 11) is -0.984. The number of hydrogen-bond donors (Lipinski definition) is 1. The maximum atomic E-state index is 13.5. The molecule has 3 heterocycles. The lowest BCUT2D eigenvalue weighted by Crippen LogP contribution is -2.51. The summed E-state index contributed by atoms with van der Waals surface area (Å²) in [4.78, 5) is 29.3. The molecule has 4 atom stereocenters. The summed E-state index contributed by atoms with van der Waals surface area (Å²) in [6.07, 6.45) is 4.97. The Morgan fingerprint density at radius 1 is 1.13 bits per heavy atom. The van der Waals surface area contributed by atoms with E-state index in [9.17, 15) is 18.0 Å². The van der Waals surface area contributed by atoms with Gasteiger partial charge in [0.25, 0.3) is 15.9 Å². The van der Waals surface area contributed by atoms with E-state index in [0.717, 1.165) is 24.0 Å². The molecular weight excluding hydrogens is 634 g/mol. The smallest absolute Gasteiger partial charge is 0.409 e. The van der Waals surface area contributed by atoms with E-state index in [4.69, 9.17) is 30.5 Å². The van der Waals surface area contributed by atoms with Gasteiger partial charge in [0, 0.05) is 31.6 Å². The fourth-order valence-electron chi connectivity index (χ4n) is 6.57. The van der Waals surface area contributed by atoms with Gasteiger partial charge in [-0.1, -0.05) is 23.7 Å². The SMILES string of the molecule is CN(C)C(=O)O[C@H]1C=CCOC(C)(C)C(=O)NS(=O)(=O)c2ccc3c(c2)N(C[C@@H]2CC[C@H]21)C[C@]1(CO3)OCCc2cc(Cl)ccc21. The van der Waals surface area contributed by atoms with Gasteiger partial charge in [-0.3, -0.25) is 4.79 Å². The van der Waals surface area contributed by atoms with Gasteiger partial charge in [0.2, 0.25) is 0 Å². The average Bonchev–Trinajstić information content (AvgIpc) is 3.13. The number of fused-ring (bicyclic) bond motifs is 4. The minimum atomic E-state index is -4.26. The lowest BCUT2D eigenvalue weighted by atomic mass is 9.70.